The van der Waals surface area contributed by atoms with E-state index in [0.717, 1.165) is 104 Å². The first-order valence-electron chi connectivity index (χ1n) is 29.6. The summed E-state index contributed by atoms with van der Waals surface area (Å²) in [5.74, 6) is 0.134. The van der Waals surface area contributed by atoms with E-state index in [1.807, 2.05) is 44.7 Å². The van der Waals surface area contributed by atoms with E-state index in [2.05, 4.69) is 33.0 Å². The fourth-order valence-electron chi connectivity index (χ4n) is 9.21. The first-order chi connectivity index (χ1) is 34.5. The zero-order valence-electron chi connectivity index (χ0n) is 47.7. The molecule has 0 bridgehead atoms. The Balaban J connectivity index is 0.00000146. The predicted molar refractivity (Wildman–Crippen MR) is 300 cm³/mol. The Hall–Kier alpha value is -2.79. The second-order valence-electron chi connectivity index (χ2n) is 20.3. The SMILES string of the molecule is CC.CCCCCCCCC(CCCCCC)OC(=O)CCCCC(=O)N1CCc2c(sc(C)c2C(=O)NCCN(C)C)C1.CCCCCCCCC(CCCCCCCC)C(=O)OCCCCCC=O. The number of ether oxygens (including phenoxy) is 2. The fraction of sp³-hybridized carbons (Fsp3) is 0.850. The molecule has 2 amide bonds. The zero-order chi connectivity index (χ0) is 52.7. The lowest BCUT2D eigenvalue weighted by Gasteiger charge is -2.27. The number of esters is 2. The lowest BCUT2D eigenvalue weighted by molar-refractivity contribution is -0.150. The number of aldehydes is 1. The zero-order valence-corrected chi connectivity index (χ0v) is 48.5. The molecule has 10 nitrogen and oxygen atoms in total. The first-order valence-corrected chi connectivity index (χ1v) is 30.5. The molecule has 1 atom stereocenters. The minimum Gasteiger partial charge on any atom is -0.465 e. The summed E-state index contributed by atoms with van der Waals surface area (Å²) >= 11 is 1.64. The Labute approximate surface area is 441 Å². The molecule has 0 saturated carbocycles. The number of nitrogens with zero attached hydrogens (tertiary/aromatic N) is 2. The summed E-state index contributed by atoms with van der Waals surface area (Å²) in [7, 11) is 3.98. The van der Waals surface area contributed by atoms with Gasteiger partial charge in [-0.05, 0) is 104 Å². The van der Waals surface area contributed by atoms with Crippen molar-refractivity contribution >= 4 is 41.4 Å². The number of carbonyl (C=O) groups is 5. The lowest BCUT2D eigenvalue weighted by Crippen LogP contribution is -2.36. The Morgan fingerprint density at radius 2 is 1.15 bits per heavy atom. The van der Waals surface area contributed by atoms with Crippen LogP contribution in [0.3, 0.4) is 0 Å². The highest BCUT2D eigenvalue weighted by molar-refractivity contribution is 7.12. The number of aryl methyl sites for hydroxylation is 1. The number of rotatable bonds is 43. The second-order valence-corrected chi connectivity index (χ2v) is 21.6. The van der Waals surface area contributed by atoms with Crippen molar-refractivity contribution in [2.45, 2.75) is 286 Å². The summed E-state index contributed by atoms with van der Waals surface area (Å²) in [6.45, 7) is 18.1. The van der Waals surface area contributed by atoms with Crippen LogP contribution in [-0.4, -0.2) is 86.3 Å². The van der Waals surface area contributed by atoms with E-state index in [1.54, 1.807) is 11.3 Å². The summed E-state index contributed by atoms with van der Waals surface area (Å²) in [4.78, 5) is 67.4. The molecule has 1 aromatic rings. The molecule has 2 rings (SSSR count). The van der Waals surface area contributed by atoms with Crippen LogP contribution in [0.2, 0.25) is 0 Å². The maximum absolute atomic E-state index is 13.0. The van der Waals surface area contributed by atoms with Crippen LogP contribution in [0, 0.1) is 12.8 Å². The van der Waals surface area contributed by atoms with Gasteiger partial charge in [-0.25, -0.2) is 0 Å². The van der Waals surface area contributed by atoms with Crippen LogP contribution in [0.1, 0.15) is 286 Å². The van der Waals surface area contributed by atoms with E-state index < -0.39 is 0 Å². The number of thiophene rings is 1. The van der Waals surface area contributed by atoms with Crippen LogP contribution < -0.4 is 5.32 Å². The highest BCUT2D eigenvalue weighted by Gasteiger charge is 2.28. The van der Waals surface area contributed by atoms with Crippen LogP contribution in [0.5, 0.6) is 0 Å². The van der Waals surface area contributed by atoms with Gasteiger partial charge in [-0.3, -0.25) is 19.2 Å². The minimum atomic E-state index is -0.109. The molecule has 1 aliphatic rings. The molecule has 0 spiro atoms. The van der Waals surface area contributed by atoms with Crippen LogP contribution in [0.4, 0.5) is 0 Å². The lowest BCUT2D eigenvalue weighted by atomic mass is 9.94. The number of unbranched alkanes of at least 4 members (excludes halogenated alkanes) is 22. The topological polar surface area (TPSA) is 122 Å². The molecule has 0 saturated heterocycles. The quantitative estimate of drug-likeness (QED) is 0.0390. The highest BCUT2D eigenvalue weighted by Crippen LogP contribution is 2.33. The van der Waals surface area contributed by atoms with Gasteiger partial charge in [0, 0.05) is 48.7 Å². The third-order valence-electron chi connectivity index (χ3n) is 13.6. The Morgan fingerprint density at radius 3 is 1.69 bits per heavy atom. The third kappa shape index (κ3) is 35.9. The van der Waals surface area contributed by atoms with Crippen molar-refractivity contribution in [1.29, 1.82) is 0 Å². The van der Waals surface area contributed by atoms with Gasteiger partial charge < -0.3 is 29.4 Å². The van der Waals surface area contributed by atoms with Gasteiger partial charge in [-0.2, -0.15) is 0 Å². The van der Waals surface area contributed by atoms with Crippen LogP contribution in [-0.2, 0) is 41.6 Å². The highest BCUT2D eigenvalue weighted by atomic mass is 32.1. The van der Waals surface area contributed by atoms with Gasteiger partial charge in [0.1, 0.15) is 12.4 Å². The van der Waals surface area contributed by atoms with Gasteiger partial charge >= 0.3 is 11.9 Å². The summed E-state index contributed by atoms with van der Waals surface area (Å²) in [5.41, 5.74) is 1.91. The standard InChI is InChI=1S/C34H59N3O4S.C24H46O3.C2H6/c1-6-8-10-12-13-15-19-28(18-14-11-9-7-2)41-32(39)21-17-16-20-31(38)37-24-22-29-30(26-37)42-27(3)33(29)34(40)35-23-25-36(4)5;1-3-5-7-9-11-15-19-23(20-16-12-10-8-6-4-2)24(26)27-22-18-14-13-17-21-25;1-2/h28H,6-26H2,1-5H3,(H,35,40);21,23H,3-20,22H2,1-2H3;1-2H3. The summed E-state index contributed by atoms with van der Waals surface area (Å²) in [5, 5.41) is 3.04. The van der Waals surface area contributed by atoms with Crippen molar-refractivity contribution < 1.29 is 33.4 Å². The van der Waals surface area contributed by atoms with E-state index in [-0.39, 0.29) is 35.8 Å². The molecule has 2 heterocycles. The van der Waals surface area contributed by atoms with Crippen LogP contribution in [0.25, 0.3) is 0 Å². The van der Waals surface area contributed by atoms with Crippen molar-refractivity contribution in [2.24, 2.45) is 5.92 Å². The molecule has 0 aromatic carbocycles. The van der Waals surface area contributed by atoms with Gasteiger partial charge in [-0.1, -0.05) is 170 Å². The molecule has 0 aliphatic carbocycles. The number of nitrogens with one attached hydrogen (secondary N) is 1. The Bertz CT molecular complexity index is 1450. The number of hydrogen-bond donors (Lipinski definition) is 1. The molecule has 1 N–H and O–H groups in total. The second kappa shape index (κ2) is 48.2. The van der Waals surface area contributed by atoms with Crippen molar-refractivity contribution in [1.82, 2.24) is 15.1 Å². The molecule has 0 radical (unpaired) electrons. The van der Waals surface area contributed by atoms with E-state index >= 15 is 0 Å². The molecule has 11 heteroatoms. The molecule has 1 aromatic heterocycles. The van der Waals surface area contributed by atoms with E-state index in [4.69, 9.17) is 9.47 Å². The van der Waals surface area contributed by atoms with Gasteiger partial charge in [0.25, 0.3) is 5.91 Å². The summed E-state index contributed by atoms with van der Waals surface area (Å²) in [6, 6.07) is 0. The molecule has 0 fully saturated rings. The van der Waals surface area contributed by atoms with Gasteiger partial charge in [0.15, 0.2) is 0 Å². The largest absolute Gasteiger partial charge is 0.465 e. The van der Waals surface area contributed by atoms with Crippen LogP contribution >= 0.6 is 11.3 Å². The molecular formula is C60H111N3O7S. The summed E-state index contributed by atoms with van der Waals surface area (Å²) in [6.07, 6.45) is 38.7. The van der Waals surface area contributed by atoms with Gasteiger partial charge in [0.05, 0.1) is 24.6 Å². The Kier molecular flexibility index (Phi) is 46.3. The smallest absolute Gasteiger partial charge is 0.308 e. The number of carbonyl (C=O) groups excluding carboxylic acids is 5. The molecule has 1 aliphatic heterocycles. The van der Waals surface area contributed by atoms with Crippen molar-refractivity contribution in [2.75, 3.05) is 40.3 Å². The number of likely N-dealkylation sites (N-methyl/N-ethyl adjacent to an activating group) is 1. The van der Waals surface area contributed by atoms with Gasteiger partial charge in [0.2, 0.25) is 5.91 Å². The predicted octanol–water partition coefficient (Wildman–Crippen LogP) is 15.9. The minimum absolute atomic E-state index is 0.00585. The average Bonchev–Trinajstić information content (AvgIpc) is 3.70. The maximum Gasteiger partial charge on any atom is 0.308 e. The average molecular weight is 1020 g/mol. The number of hydrogen-bond acceptors (Lipinski definition) is 9. The van der Waals surface area contributed by atoms with E-state index in [0.29, 0.717) is 64.8 Å². The van der Waals surface area contributed by atoms with Crippen molar-refractivity contribution in [3.05, 3.63) is 20.9 Å². The summed E-state index contributed by atoms with van der Waals surface area (Å²) < 4.78 is 11.5. The van der Waals surface area contributed by atoms with E-state index in [9.17, 15) is 24.0 Å². The van der Waals surface area contributed by atoms with Crippen molar-refractivity contribution in [3.63, 3.8) is 0 Å². The Morgan fingerprint density at radius 1 is 0.662 bits per heavy atom. The van der Waals surface area contributed by atoms with E-state index in [1.165, 1.54) is 116 Å². The molecule has 1 unspecified atom stereocenters. The monoisotopic (exact) mass is 1020 g/mol. The van der Waals surface area contributed by atoms with Gasteiger partial charge in [-0.15, -0.1) is 11.3 Å². The normalized spacial score (nSPS) is 12.4. The number of fused-ring (bicyclic) bond motifs is 1. The maximum atomic E-state index is 13.0. The first kappa shape index (κ1) is 68.2. The van der Waals surface area contributed by atoms with Crippen molar-refractivity contribution in [3.8, 4) is 0 Å². The third-order valence-corrected chi connectivity index (χ3v) is 14.7. The fourth-order valence-corrected chi connectivity index (χ4v) is 10.4. The molecule has 414 valence electrons. The van der Waals surface area contributed by atoms with Crippen LogP contribution in [0.15, 0.2) is 0 Å². The molecular weight excluding hydrogens is 907 g/mol. The molecule has 71 heavy (non-hydrogen) atoms. The number of amides is 2.